The Labute approximate surface area is 153 Å². The van der Waals surface area contributed by atoms with Gasteiger partial charge in [-0.15, -0.1) is 0 Å². The van der Waals surface area contributed by atoms with E-state index in [1.165, 1.54) is 17.7 Å². The van der Waals surface area contributed by atoms with Crippen molar-refractivity contribution < 1.29 is 4.39 Å². The molecule has 3 aromatic rings. The number of benzene rings is 2. The van der Waals surface area contributed by atoms with Crippen molar-refractivity contribution in [1.29, 1.82) is 0 Å². The van der Waals surface area contributed by atoms with E-state index >= 15 is 0 Å². The van der Waals surface area contributed by atoms with Crippen LogP contribution >= 0.6 is 0 Å². The summed E-state index contributed by atoms with van der Waals surface area (Å²) in [6.45, 7) is 3.45. The Bertz CT molecular complexity index is 844. The second-order valence-corrected chi connectivity index (χ2v) is 6.92. The Hall–Kier alpha value is -2.50. The van der Waals surface area contributed by atoms with Crippen molar-refractivity contribution in [1.82, 2.24) is 14.7 Å². The molecule has 0 saturated carbocycles. The zero-order valence-corrected chi connectivity index (χ0v) is 14.6. The van der Waals surface area contributed by atoms with Gasteiger partial charge in [0.1, 0.15) is 5.82 Å². The molecule has 0 unspecified atom stereocenters. The third-order valence-corrected chi connectivity index (χ3v) is 5.23. The van der Waals surface area contributed by atoms with Gasteiger partial charge < -0.3 is 5.73 Å². The van der Waals surface area contributed by atoms with E-state index in [1.54, 1.807) is 18.3 Å². The molecule has 2 N–H and O–H groups in total. The van der Waals surface area contributed by atoms with Gasteiger partial charge in [0.2, 0.25) is 0 Å². The lowest BCUT2D eigenvalue weighted by molar-refractivity contribution is 0.310. The first-order valence-electron chi connectivity index (χ1n) is 9.01. The highest BCUT2D eigenvalue weighted by Crippen LogP contribution is 2.32. The monoisotopic (exact) mass is 350 g/mol. The third-order valence-electron chi connectivity index (χ3n) is 5.23. The number of nitrogens with two attached hydrogens (primary N) is 1. The van der Waals surface area contributed by atoms with Crippen LogP contribution in [-0.4, -0.2) is 34.3 Å². The molecule has 1 aliphatic rings. The minimum Gasteiger partial charge on any atom is -0.330 e. The highest BCUT2D eigenvalue weighted by molar-refractivity contribution is 5.33. The molecule has 4 rings (SSSR count). The molecule has 2 heterocycles. The maximum absolute atomic E-state index is 13.2. The predicted octanol–water partition coefficient (Wildman–Crippen LogP) is 3.19. The molecule has 4 nitrogen and oxygen atoms in total. The summed E-state index contributed by atoms with van der Waals surface area (Å²) in [5.74, 6) is 0.682. The van der Waals surface area contributed by atoms with Gasteiger partial charge >= 0.3 is 0 Å². The zero-order chi connectivity index (χ0) is 17.9. The standard InChI is InChI=1S/C21H23FN4/c22-18-6-8-19(9-7-18)26-20(10-11-24-26)14-25-13-17(12-23)21(15-25)16-4-2-1-3-5-16/h1-11,17,21H,12-15,23H2/t17-,21+/m1/s1. The molecule has 0 amide bonds. The summed E-state index contributed by atoms with van der Waals surface area (Å²) in [5.41, 5.74) is 9.39. The molecule has 1 aromatic heterocycles. The van der Waals surface area contributed by atoms with Gasteiger partial charge in [-0.05, 0) is 48.4 Å². The van der Waals surface area contributed by atoms with Crippen LogP contribution in [0, 0.1) is 11.7 Å². The lowest BCUT2D eigenvalue weighted by Crippen LogP contribution is -2.24. The predicted molar refractivity (Wildman–Crippen MR) is 101 cm³/mol. The van der Waals surface area contributed by atoms with E-state index < -0.39 is 0 Å². The van der Waals surface area contributed by atoms with Crippen LogP contribution in [0.25, 0.3) is 5.69 Å². The van der Waals surface area contributed by atoms with Crippen LogP contribution in [0.15, 0.2) is 66.9 Å². The van der Waals surface area contributed by atoms with E-state index in [2.05, 4.69) is 40.3 Å². The highest BCUT2D eigenvalue weighted by Gasteiger charge is 2.33. The second-order valence-electron chi connectivity index (χ2n) is 6.92. The molecule has 134 valence electrons. The largest absolute Gasteiger partial charge is 0.330 e. The van der Waals surface area contributed by atoms with Gasteiger partial charge in [-0.25, -0.2) is 9.07 Å². The van der Waals surface area contributed by atoms with Crippen LogP contribution in [0.5, 0.6) is 0 Å². The van der Waals surface area contributed by atoms with Gasteiger partial charge in [-0.1, -0.05) is 30.3 Å². The molecule has 2 atom stereocenters. The molecule has 0 radical (unpaired) electrons. The summed E-state index contributed by atoms with van der Waals surface area (Å²) in [6, 6.07) is 19.1. The van der Waals surface area contributed by atoms with Crippen molar-refractivity contribution in [3.8, 4) is 5.69 Å². The molecule has 5 heteroatoms. The first kappa shape index (κ1) is 16.9. The lowest BCUT2D eigenvalue weighted by atomic mass is 9.89. The number of likely N-dealkylation sites (tertiary alicyclic amines) is 1. The van der Waals surface area contributed by atoms with Gasteiger partial charge in [0, 0.05) is 31.7 Å². The molecule has 0 aliphatic carbocycles. The van der Waals surface area contributed by atoms with Crippen molar-refractivity contribution >= 4 is 0 Å². The van der Waals surface area contributed by atoms with E-state index in [9.17, 15) is 4.39 Å². The fourth-order valence-electron chi connectivity index (χ4n) is 3.90. The highest BCUT2D eigenvalue weighted by atomic mass is 19.1. The van der Waals surface area contributed by atoms with E-state index in [0.29, 0.717) is 18.4 Å². The molecule has 2 aromatic carbocycles. The Morgan fingerprint density at radius 1 is 1.00 bits per heavy atom. The fraction of sp³-hybridized carbons (Fsp3) is 0.286. The molecule has 0 spiro atoms. The molecular formula is C21H23FN4. The van der Waals surface area contributed by atoms with Crippen molar-refractivity contribution in [2.45, 2.75) is 12.5 Å². The summed E-state index contributed by atoms with van der Waals surface area (Å²) in [5, 5.41) is 4.42. The maximum Gasteiger partial charge on any atom is 0.123 e. The normalized spacial score (nSPS) is 20.5. The summed E-state index contributed by atoms with van der Waals surface area (Å²) in [6.07, 6.45) is 1.80. The van der Waals surface area contributed by atoms with E-state index in [0.717, 1.165) is 31.0 Å². The van der Waals surface area contributed by atoms with Gasteiger partial charge in [0.25, 0.3) is 0 Å². The van der Waals surface area contributed by atoms with Crippen molar-refractivity contribution in [3.63, 3.8) is 0 Å². The first-order chi connectivity index (χ1) is 12.7. The smallest absolute Gasteiger partial charge is 0.123 e. The van der Waals surface area contributed by atoms with Gasteiger partial charge in [0.15, 0.2) is 0 Å². The second kappa shape index (κ2) is 7.40. The number of aromatic nitrogens is 2. The summed E-state index contributed by atoms with van der Waals surface area (Å²) in [7, 11) is 0. The van der Waals surface area contributed by atoms with Gasteiger partial charge in [0.05, 0.1) is 11.4 Å². The molecule has 1 saturated heterocycles. The Balaban J connectivity index is 1.52. The molecule has 1 fully saturated rings. The Kier molecular flexibility index (Phi) is 4.82. The summed E-state index contributed by atoms with van der Waals surface area (Å²) >= 11 is 0. The van der Waals surface area contributed by atoms with Crippen molar-refractivity contribution in [2.24, 2.45) is 11.7 Å². The van der Waals surface area contributed by atoms with Crippen LogP contribution in [-0.2, 0) is 6.54 Å². The average Bonchev–Trinajstić information content (AvgIpc) is 3.30. The number of nitrogens with zero attached hydrogens (tertiary/aromatic N) is 3. The van der Waals surface area contributed by atoms with E-state index in [1.807, 2.05) is 10.7 Å². The molecular weight excluding hydrogens is 327 g/mol. The fourth-order valence-corrected chi connectivity index (χ4v) is 3.90. The van der Waals surface area contributed by atoms with Gasteiger partial charge in [-0.3, -0.25) is 4.90 Å². The van der Waals surface area contributed by atoms with Crippen LogP contribution in [0.3, 0.4) is 0 Å². The quantitative estimate of drug-likeness (QED) is 0.769. The van der Waals surface area contributed by atoms with Gasteiger partial charge in [-0.2, -0.15) is 5.10 Å². The topological polar surface area (TPSA) is 47.1 Å². The van der Waals surface area contributed by atoms with E-state index in [-0.39, 0.29) is 5.82 Å². The first-order valence-corrected chi connectivity index (χ1v) is 9.01. The van der Waals surface area contributed by atoms with Crippen LogP contribution in [0.4, 0.5) is 4.39 Å². The Morgan fingerprint density at radius 2 is 1.77 bits per heavy atom. The van der Waals surface area contributed by atoms with E-state index in [4.69, 9.17) is 5.73 Å². The average molecular weight is 350 g/mol. The molecule has 0 bridgehead atoms. The molecule has 1 aliphatic heterocycles. The van der Waals surface area contributed by atoms with Crippen molar-refractivity contribution in [2.75, 3.05) is 19.6 Å². The van der Waals surface area contributed by atoms with Crippen LogP contribution in [0.2, 0.25) is 0 Å². The number of rotatable bonds is 5. The number of halogens is 1. The zero-order valence-electron chi connectivity index (χ0n) is 14.6. The van der Waals surface area contributed by atoms with Crippen molar-refractivity contribution in [3.05, 3.63) is 83.9 Å². The Morgan fingerprint density at radius 3 is 2.50 bits per heavy atom. The van der Waals surface area contributed by atoms with Crippen LogP contribution in [0.1, 0.15) is 17.2 Å². The SMILES string of the molecule is NC[C@@H]1CN(Cc2ccnn2-c2ccc(F)cc2)C[C@H]1c1ccccc1. The van der Waals surface area contributed by atoms with Crippen LogP contribution < -0.4 is 5.73 Å². The number of hydrogen-bond donors (Lipinski definition) is 1. The number of hydrogen-bond acceptors (Lipinski definition) is 3. The summed E-state index contributed by atoms with van der Waals surface area (Å²) in [4.78, 5) is 2.44. The minimum absolute atomic E-state index is 0.238. The maximum atomic E-state index is 13.2. The lowest BCUT2D eigenvalue weighted by Gasteiger charge is -2.17. The third kappa shape index (κ3) is 3.41. The molecule has 26 heavy (non-hydrogen) atoms. The minimum atomic E-state index is -0.238. The summed E-state index contributed by atoms with van der Waals surface area (Å²) < 4.78 is 15.1.